The van der Waals surface area contributed by atoms with Crippen molar-refractivity contribution in [3.63, 3.8) is 0 Å². The molecule has 0 aliphatic rings. The fourth-order valence-corrected chi connectivity index (χ4v) is 1.76. The number of carbonyl (C=O) groups is 2. The number of hydrogen-bond donors (Lipinski definition) is 1. The summed E-state index contributed by atoms with van der Waals surface area (Å²) in [5.41, 5.74) is 0. The molecule has 1 N–H and O–H groups in total. The van der Waals surface area contributed by atoms with Crippen LogP contribution >= 0.6 is 0 Å². The zero-order valence-electron chi connectivity index (χ0n) is 12.3. The van der Waals surface area contributed by atoms with Crippen LogP contribution in [0.2, 0.25) is 0 Å². The minimum atomic E-state index is -1.16. The zero-order valence-corrected chi connectivity index (χ0v) is 12.3. The molecule has 0 spiro atoms. The molecule has 0 heterocycles. The van der Waals surface area contributed by atoms with Crippen LogP contribution in [0.5, 0.6) is 0 Å². The Morgan fingerprint density at radius 3 is 2.15 bits per heavy atom. The first kappa shape index (κ1) is 18.4. The van der Waals surface area contributed by atoms with Gasteiger partial charge in [-0.1, -0.05) is 51.9 Å². The van der Waals surface area contributed by atoms with Crippen LogP contribution in [0.3, 0.4) is 0 Å². The molecule has 0 aliphatic carbocycles. The highest BCUT2D eigenvalue weighted by molar-refractivity contribution is 5.90. The Morgan fingerprint density at radius 1 is 0.950 bits per heavy atom. The van der Waals surface area contributed by atoms with Crippen LogP contribution in [0.25, 0.3) is 0 Å². The van der Waals surface area contributed by atoms with E-state index >= 15 is 0 Å². The molecule has 0 saturated heterocycles. The predicted molar refractivity (Wildman–Crippen MR) is 79.2 cm³/mol. The van der Waals surface area contributed by atoms with Gasteiger partial charge in [0.25, 0.3) is 0 Å². The minimum absolute atomic E-state index is 0.667. The number of allylic oxidation sites excluding steroid dienone is 1. The number of esters is 1. The zero-order chi connectivity index (χ0) is 15.1. The second-order valence-corrected chi connectivity index (χ2v) is 4.74. The highest BCUT2D eigenvalue weighted by atomic mass is 16.5. The molecule has 0 aromatic carbocycles. The van der Waals surface area contributed by atoms with Gasteiger partial charge in [-0.15, -0.1) is 0 Å². The third kappa shape index (κ3) is 14.5. The summed E-state index contributed by atoms with van der Waals surface area (Å²) in [6, 6.07) is 0. The number of rotatable bonds is 12. The number of carbonyl (C=O) groups excluding carboxylic acids is 1. The van der Waals surface area contributed by atoms with Crippen molar-refractivity contribution in [3.05, 3.63) is 24.5 Å². The Kier molecular flexibility index (Phi) is 12.7. The van der Waals surface area contributed by atoms with Crippen molar-refractivity contribution in [3.8, 4) is 0 Å². The first-order chi connectivity index (χ1) is 9.66. The topological polar surface area (TPSA) is 63.6 Å². The van der Waals surface area contributed by atoms with E-state index in [1.807, 2.05) is 0 Å². The molecule has 114 valence electrons. The van der Waals surface area contributed by atoms with Crippen molar-refractivity contribution in [2.75, 3.05) is 0 Å². The quantitative estimate of drug-likeness (QED) is 0.252. The number of hydrogen-bond acceptors (Lipinski definition) is 3. The fraction of sp³-hybridized carbons (Fsp3) is 0.625. The monoisotopic (exact) mass is 282 g/mol. The molecule has 0 amide bonds. The third-order valence-electron chi connectivity index (χ3n) is 2.87. The molecule has 0 aromatic heterocycles. The lowest BCUT2D eigenvalue weighted by atomic mass is 10.1. The first-order valence-electron chi connectivity index (χ1n) is 7.43. The molecule has 0 aliphatic heterocycles. The van der Waals surface area contributed by atoms with Crippen molar-refractivity contribution < 1.29 is 19.4 Å². The molecule has 4 nitrogen and oxygen atoms in total. The van der Waals surface area contributed by atoms with Crippen molar-refractivity contribution in [2.24, 2.45) is 0 Å². The average molecular weight is 282 g/mol. The van der Waals surface area contributed by atoms with Crippen LogP contribution in [0.1, 0.15) is 64.7 Å². The fourth-order valence-electron chi connectivity index (χ4n) is 1.76. The van der Waals surface area contributed by atoms with E-state index in [-0.39, 0.29) is 0 Å². The summed E-state index contributed by atoms with van der Waals surface area (Å²) in [4.78, 5) is 21.1. The molecule has 20 heavy (non-hydrogen) atoms. The summed E-state index contributed by atoms with van der Waals surface area (Å²) in [5.74, 6) is -1.83. The van der Waals surface area contributed by atoms with E-state index in [9.17, 15) is 9.59 Å². The van der Waals surface area contributed by atoms with E-state index in [0.29, 0.717) is 0 Å². The largest absolute Gasteiger partial charge is 0.478 e. The summed E-state index contributed by atoms with van der Waals surface area (Å²) in [6.07, 6.45) is 15.8. The molecule has 0 radical (unpaired) electrons. The Labute approximate surface area is 121 Å². The van der Waals surface area contributed by atoms with Gasteiger partial charge in [0.1, 0.15) is 0 Å². The summed E-state index contributed by atoms with van der Waals surface area (Å²) in [5, 5.41) is 8.31. The van der Waals surface area contributed by atoms with Crippen molar-refractivity contribution in [1.29, 1.82) is 0 Å². The summed E-state index contributed by atoms with van der Waals surface area (Å²) < 4.78 is 4.69. The molecular formula is C16H26O4. The van der Waals surface area contributed by atoms with Crippen molar-refractivity contribution >= 4 is 11.9 Å². The van der Waals surface area contributed by atoms with E-state index in [4.69, 9.17) is 9.84 Å². The molecule has 0 fully saturated rings. The number of unbranched alkanes of at least 4 members (excludes halogenated alkanes) is 8. The van der Waals surface area contributed by atoms with E-state index in [1.54, 1.807) is 6.08 Å². The molecule has 0 saturated carbocycles. The lowest BCUT2D eigenvalue weighted by molar-refractivity contribution is -0.134. The first-order valence-corrected chi connectivity index (χ1v) is 7.43. The summed E-state index contributed by atoms with van der Waals surface area (Å²) in [7, 11) is 0. The molecule has 0 unspecified atom stereocenters. The van der Waals surface area contributed by atoms with Gasteiger partial charge in [-0.05, 0) is 18.9 Å². The number of ether oxygens (including phenoxy) is 1. The molecule has 0 bridgehead atoms. The van der Waals surface area contributed by atoms with Gasteiger partial charge in [-0.25, -0.2) is 9.59 Å². The summed E-state index contributed by atoms with van der Waals surface area (Å²) in [6.45, 7) is 2.22. The van der Waals surface area contributed by atoms with Gasteiger partial charge in [0, 0.05) is 12.2 Å². The lowest BCUT2D eigenvalue weighted by Crippen LogP contribution is -1.96. The number of aliphatic carboxylic acids is 1. The molecule has 0 aromatic rings. The minimum Gasteiger partial charge on any atom is -0.478 e. The van der Waals surface area contributed by atoms with Gasteiger partial charge < -0.3 is 9.84 Å². The smallest absolute Gasteiger partial charge is 0.335 e. The van der Waals surface area contributed by atoms with Crippen LogP contribution in [0.4, 0.5) is 0 Å². The predicted octanol–water partition coefficient (Wildman–Crippen LogP) is 4.21. The lowest BCUT2D eigenvalue weighted by Gasteiger charge is -1.99. The van der Waals surface area contributed by atoms with Crippen LogP contribution in [-0.2, 0) is 14.3 Å². The van der Waals surface area contributed by atoms with Crippen LogP contribution in [0, 0.1) is 0 Å². The maximum atomic E-state index is 11.0. The van der Waals surface area contributed by atoms with Gasteiger partial charge in [0.2, 0.25) is 0 Å². The van der Waals surface area contributed by atoms with E-state index < -0.39 is 11.9 Å². The van der Waals surface area contributed by atoms with Crippen LogP contribution < -0.4 is 0 Å². The van der Waals surface area contributed by atoms with Gasteiger partial charge in [0.15, 0.2) is 0 Å². The number of carboxylic acid groups (broad SMARTS) is 1. The Hall–Kier alpha value is -1.58. The van der Waals surface area contributed by atoms with Gasteiger partial charge >= 0.3 is 11.9 Å². The maximum Gasteiger partial charge on any atom is 0.335 e. The Bertz CT molecular complexity index is 318. The van der Waals surface area contributed by atoms with Crippen LogP contribution in [-0.4, -0.2) is 17.0 Å². The van der Waals surface area contributed by atoms with Gasteiger partial charge in [-0.3, -0.25) is 0 Å². The van der Waals surface area contributed by atoms with E-state index in [2.05, 4.69) is 6.92 Å². The Balaban J connectivity index is 3.36. The van der Waals surface area contributed by atoms with Crippen molar-refractivity contribution in [1.82, 2.24) is 0 Å². The van der Waals surface area contributed by atoms with Crippen molar-refractivity contribution in [2.45, 2.75) is 64.7 Å². The second kappa shape index (κ2) is 13.8. The van der Waals surface area contributed by atoms with Gasteiger partial charge in [0.05, 0.1) is 6.26 Å². The molecule has 4 heteroatoms. The normalized spacial score (nSPS) is 11.2. The molecule has 0 atom stereocenters. The van der Waals surface area contributed by atoms with Crippen LogP contribution in [0.15, 0.2) is 24.5 Å². The second-order valence-electron chi connectivity index (χ2n) is 4.74. The average Bonchev–Trinajstić information content (AvgIpc) is 2.42. The highest BCUT2D eigenvalue weighted by Gasteiger charge is 1.95. The molecular weight excluding hydrogens is 256 g/mol. The summed E-state index contributed by atoms with van der Waals surface area (Å²) >= 11 is 0. The standard InChI is InChI=1S/C16H26O4/c1-2-3-4-5-6-7-8-9-10-11-14-20-16(19)13-12-15(17)18/h11-14H,2-10H2,1H3,(H,17,18)/b13-12+,14-11?. The van der Waals surface area contributed by atoms with E-state index in [0.717, 1.165) is 25.0 Å². The van der Waals surface area contributed by atoms with Gasteiger partial charge in [-0.2, -0.15) is 0 Å². The highest BCUT2D eigenvalue weighted by Crippen LogP contribution is 2.09. The third-order valence-corrected chi connectivity index (χ3v) is 2.87. The SMILES string of the molecule is CCCCCCCCCCC=COC(=O)/C=C/C(=O)O. The maximum absolute atomic E-state index is 11.0. The Morgan fingerprint density at radius 2 is 1.55 bits per heavy atom. The van der Waals surface area contributed by atoms with E-state index in [1.165, 1.54) is 51.2 Å². The number of carboxylic acids is 1. The molecule has 0 rings (SSSR count).